The van der Waals surface area contributed by atoms with Crippen molar-refractivity contribution in [2.24, 2.45) is 0 Å². The number of fused-ring (bicyclic) bond motifs is 3. The van der Waals surface area contributed by atoms with Crippen molar-refractivity contribution in [3.05, 3.63) is 81.1 Å². The molecule has 2 aliphatic heterocycles. The second kappa shape index (κ2) is 5.28. The van der Waals surface area contributed by atoms with E-state index < -0.39 is 5.97 Å². The van der Waals surface area contributed by atoms with E-state index in [0.717, 1.165) is 11.1 Å². The molecule has 1 aromatic carbocycles. The van der Waals surface area contributed by atoms with E-state index in [2.05, 4.69) is 0 Å². The highest BCUT2D eigenvalue weighted by Crippen LogP contribution is 2.45. The van der Waals surface area contributed by atoms with Crippen LogP contribution in [0.1, 0.15) is 21.3 Å². The Bertz CT molecular complexity index is 925. The van der Waals surface area contributed by atoms with E-state index in [0.29, 0.717) is 17.8 Å². The third kappa shape index (κ3) is 2.16. The summed E-state index contributed by atoms with van der Waals surface area (Å²) in [7, 11) is 0. The van der Waals surface area contributed by atoms with E-state index in [1.165, 1.54) is 17.8 Å². The van der Waals surface area contributed by atoms with E-state index in [-0.39, 0.29) is 16.4 Å². The lowest BCUT2D eigenvalue weighted by Crippen LogP contribution is -2.30. The van der Waals surface area contributed by atoms with Crippen LogP contribution in [-0.4, -0.2) is 15.6 Å². The standard InChI is InChI=1S/C18H13NO3S/c20-17-13(11-4-2-1-3-5-11)10-14(18(21)22)15-16-12(7-9-23-16)6-8-19(15)17/h1-7,9-10,16H,8H2,(H,21,22). The molecular formula is C18H13NO3S. The largest absolute Gasteiger partial charge is 0.478 e. The van der Waals surface area contributed by atoms with Gasteiger partial charge in [-0.3, -0.25) is 4.79 Å². The number of carboxylic acids is 1. The van der Waals surface area contributed by atoms with Crippen molar-refractivity contribution in [2.45, 2.75) is 11.8 Å². The molecule has 4 nitrogen and oxygen atoms in total. The summed E-state index contributed by atoms with van der Waals surface area (Å²) in [5.74, 6) is -1.00. The minimum atomic E-state index is -1.00. The van der Waals surface area contributed by atoms with Gasteiger partial charge >= 0.3 is 5.97 Å². The van der Waals surface area contributed by atoms with E-state index in [1.807, 2.05) is 47.9 Å². The van der Waals surface area contributed by atoms with Crippen LogP contribution >= 0.6 is 11.8 Å². The number of benzene rings is 1. The van der Waals surface area contributed by atoms with Gasteiger partial charge in [-0.2, -0.15) is 0 Å². The van der Waals surface area contributed by atoms with Crippen molar-refractivity contribution in [1.29, 1.82) is 0 Å². The molecule has 4 rings (SSSR count). The summed E-state index contributed by atoms with van der Waals surface area (Å²) in [5, 5.41) is 11.5. The molecule has 1 unspecified atom stereocenters. The third-order valence-electron chi connectivity index (χ3n) is 4.18. The molecule has 0 aliphatic carbocycles. The molecule has 2 aliphatic rings. The average molecular weight is 323 g/mol. The van der Waals surface area contributed by atoms with E-state index in [9.17, 15) is 14.7 Å². The van der Waals surface area contributed by atoms with Gasteiger partial charge in [0.1, 0.15) is 0 Å². The first-order valence-corrected chi connectivity index (χ1v) is 8.19. The molecule has 3 heterocycles. The minimum absolute atomic E-state index is 0.104. The van der Waals surface area contributed by atoms with Crippen LogP contribution in [0.3, 0.4) is 0 Å². The summed E-state index contributed by atoms with van der Waals surface area (Å²) >= 11 is 1.54. The Morgan fingerprint density at radius 2 is 2.04 bits per heavy atom. The van der Waals surface area contributed by atoms with Crippen LogP contribution in [-0.2, 0) is 6.54 Å². The van der Waals surface area contributed by atoms with Crippen molar-refractivity contribution < 1.29 is 9.90 Å². The normalized spacial score (nSPS) is 18.3. The maximum Gasteiger partial charge on any atom is 0.337 e. The molecule has 0 saturated heterocycles. The number of carboxylic acid groups (broad SMARTS) is 1. The van der Waals surface area contributed by atoms with Crippen molar-refractivity contribution in [1.82, 2.24) is 4.57 Å². The predicted molar refractivity (Wildman–Crippen MR) is 90.7 cm³/mol. The number of thioether (sulfide) groups is 1. The van der Waals surface area contributed by atoms with E-state index in [1.54, 1.807) is 4.57 Å². The maximum atomic E-state index is 12.9. The Balaban J connectivity index is 2.00. The monoisotopic (exact) mass is 323 g/mol. The zero-order chi connectivity index (χ0) is 16.0. The lowest BCUT2D eigenvalue weighted by Gasteiger charge is -2.25. The lowest BCUT2D eigenvalue weighted by molar-refractivity contribution is 0.0694. The first kappa shape index (κ1) is 14.1. The molecule has 5 heteroatoms. The number of nitrogens with zero attached hydrogens (tertiary/aromatic N) is 1. The molecule has 0 fully saturated rings. The highest BCUT2D eigenvalue weighted by atomic mass is 32.2. The molecule has 1 atom stereocenters. The molecule has 23 heavy (non-hydrogen) atoms. The van der Waals surface area contributed by atoms with Gasteiger partial charge in [0.05, 0.1) is 16.5 Å². The SMILES string of the molecule is O=C(O)c1cc(-c2ccccc2)c(=O)n2c1C1SC=CC1=CC2. The second-order valence-electron chi connectivity index (χ2n) is 5.47. The summed E-state index contributed by atoms with van der Waals surface area (Å²) < 4.78 is 1.60. The number of carbonyl (C=O) groups is 1. The van der Waals surface area contributed by atoms with Crippen LogP contribution < -0.4 is 5.56 Å². The van der Waals surface area contributed by atoms with E-state index in [4.69, 9.17) is 0 Å². The van der Waals surface area contributed by atoms with Crippen molar-refractivity contribution in [2.75, 3.05) is 0 Å². The van der Waals surface area contributed by atoms with Gasteiger partial charge in [0, 0.05) is 12.1 Å². The van der Waals surface area contributed by atoms with Gasteiger partial charge < -0.3 is 9.67 Å². The lowest BCUT2D eigenvalue weighted by atomic mass is 9.97. The van der Waals surface area contributed by atoms with Gasteiger partial charge in [-0.05, 0) is 22.6 Å². The van der Waals surface area contributed by atoms with Crippen molar-refractivity contribution in [3.8, 4) is 11.1 Å². The topological polar surface area (TPSA) is 59.3 Å². The third-order valence-corrected chi connectivity index (χ3v) is 5.24. The highest BCUT2D eigenvalue weighted by molar-refractivity contribution is 8.02. The second-order valence-corrected chi connectivity index (χ2v) is 6.48. The summed E-state index contributed by atoms with van der Waals surface area (Å²) in [5.41, 5.74) is 2.90. The summed E-state index contributed by atoms with van der Waals surface area (Å²) in [6.45, 7) is 0.409. The molecular weight excluding hydrogens is 310 g/mol. The molecule has 0 radical (unpaired) electrons. The molecule has 1 aromatic heterocycles. The Morgan fingerprint density at radius 1 is 1.26 bits per heavy atom. The number of rotatable bonds is 2. The molecule has 0 saturated carbocycles. The molecule has 114 valence electrons. The number of allylic oxidation sites excluding steroid dienone is 2. The van der Waals surface area contributed by atoms with Gasteiger partial charge in [0.25, 0.3) is 5.56 Å². The van der Waals surface area contributed by atoms with Crippen LogP contribution in [0.5, 0.6) is 0 Å². The first-order valence-electron chi connectivity index (χ1n) is 7.25. The summed E-state index contributed by atoms with van der Waals surface area (Å²) in [4.78, 5) is 24.7. The number of pyridine rings is 1. The van der Waals surface area contributed by atoms with E-state index >= 15 is 0 Å². The Labute approximate surface area is 136 Å². The predicted octanol–water partition coefficient (Wildman–Crippen LogP) is 3.46. The van der Waals surface area contributed by atoms with Gasteiger partial charge in [-0.15, -0.1) is 11.8 Å². The zero-order valence-corrected chi connectivity index (χ0v) is 12.9. The first-order chi connectivity index (χ1) is 11.2. The smallest absolute Gasteiger partial charge is 0.337 e. The summed E-state index contributed by atoms with van der Waals surface area (Å²) in [6.07, 6.45) is 3.98. The van der Waals surface area contributed by atoms with Crippen LogP contribution in [0.2, 0.25) is 0 Å². The van der Waals surface area contributed by atoms with Crippen molar-refractivity contribution >= 4 is 17.7 Å². The van der Waals surface area contributed by atoms with Crippen LogP contribution in [0.25, 0.3) is 11.1 Å². The molecule has 1 N–H and O–H groups in total. The van der Waals surface area contributed by atoms with Gasteiger partial charge in [0.2, 0.25) is 0 Å². The number of hydrogen-bond donors (Lipinski definition) is 1. The number of aromatic carboxylic acids is 1. The number of aromatic nitrogens is 1. The highest BCUT2D eigenvalue weighted by Gasteiger charge is 2.31. The Kier molecular flexibility index (Phi) is 3.23. The molecule has 2 aromatic rings. The quantitative estimate of drug-likeness (QED) is 0.919. The van der Waals surface area contributed by atoms with Gasteiger partial charge in [-0.1, -0.05) is 42.5 Å². The Morgan fingerprint density at radius 3 is 2.78 bits per heavy atom. The fourth-order valence-corrected chi connectivity index (χ4v) is 4.20. The fourth-order valence-electron chi connectivity index (χ4n) is 3.10. The minimum Gasteiger partial charge on any atom is -0.478 e. The van der Waals surface area contributed by atoms with Crippen LogP contribution in [0, 0.1) is 0 Å². The van der Waals surface area contributed by atoms with Crippen LogP contribution in [0.15, 0.2) is 64.3 Å². The molecule has 0 bridgehead atoms. The summed E-state index contributed by atoms with van der Waals surface area (Å²) in [6, 6.07) is 10.7. The van der Waals surface area contributed by atoms with Crippen molar-refractivity contribution in [3.63, 3.8) is 0 Å². The maximum absolute atomic E-state index is 12.9. The zero-order valence-electron chi connectivity index (χ0n) is 12.1. The fraction of sp³-hybridized carbons (Fsp3) is 0.111. The molecule has 0 amide bonds. The molecule has 0 spiro atoms. The van der Waals surface area contributed by atoms with Crippen LogP contribution in [0.4, 0.5) is 0 Å². The average Bonchev–Trinajstić information content (AvgIpc) is 3.04. The van der Waals surface area contributed by atoms with Gasteiger partial charge in [0.15, 0.2) is 0 Å². The van der Waals surface area contributed by atoms with Gasteiger partial charge in [-0.25, -0.2) is 4.79 Å². The number of hydrogen-bond acceptors (Lipinski definition) is 3. The Hall–Kier alpha value is -2.53.